The molecule has 0 saturated carbocycles. The number of thioether (sulfide) groups is 1. The lowest BCUT2D eigenvalue weighted by molar-refractivity contribution is 0.199. The third-order valence-corrected chi connectivity index (χ3v) is 4.04. The lowest BCUT2D eigenvalue weighted by atomic mass is 10.1. The highest BCUT2D eigenvalue weighted by Gasteiger charge is 2.18. The van der Waals surface area contributed by atoms with E-state index in [1.54, 1.807) is 29.7 Å². The van der Waals surface area contributed by atoms with Crippen molar-refractivity contribution in [2.75, 3.05) is 24.4 Å². The van der Waals surface area contributed by atoms with Crippen LogP contribution >= 0.6 is 11.8 Å². The molecule has 5 heteroatoms. The van der Waals surface area contributed by atoms with E-state index in [1.165, 1.54) is 0 Å². The number of aliphatic hydroxyl groups is 1. The minimum Gasteiger partial charge on any atom is -0.389 e. The van der Waals surface area contributed by atoms with E-state index in [9.17, 15) is 9.90 Å². The van der Waals surface area contributed by atoms with Crippen LogP contribution in [0, 0.1) is 0 Å². The summed E-state index contributed by atoms with van der Waals surface area (Å²) in [6.07, 6.45) is 2.43. The molecule has 2 N–H and O–H groups in total. The summed E-state index contributed by atoms with van der Waals surface area (Å²) in [6.45, 7) is 3.79. The molecule has 0 fully saturated rings. The SMILES string of the molecule is CCC(CSC)N(C)C(=O)Nc1cccc(C(C)O)c1. The Morgan fingerprint density at radius 3 is 2.75 bits per heavy atom. The van der Waals surface area contributed by atoms with Gasteiger partial charge in [-0.3, -0.25) is 0 Å². The molecular formula is C15H24N2O2S. The van der Waals surface area contributed by atoms with E-state index in [2.05, 4.69) is 12.2 Å². The van der Waals surface area contributed by atoms with Gasteiger partial charge in [0.15, 0.2) is 0 Å². The first kappa shape index (κ1) is 16.9. The molecule has 0 saturated heterocycles. The van der Waals surface area contributed by atoms with Crippen LogP contribution in [0.15, 0.2) is 24.3 Å². The Morgan fingerprint density at radius 2 is 2.20 bits per heavy atom. The van der Waals surface area contributed by atoms with Crippen molar-refractivity contribution < 1.29 is 9.90 Å². The molecule has 0 heterocycles. The second-order valence-electron chi connectivity index (χ2n) is 4.86. The summed E-state index contributed by atoms with van der Waals surface area (Å²) in [4.78, 5) is 14.0. The molecular weight excluding hydrogens is 272 g/mol. The number of benzene rings is 1. The highest BCUT2D eigenvalue weighted by molar-refractivity contribution is 7.98. The Kier molecular flexibility index (Phi) is 6.88. The molecule has 0 aliphatic rings. The molecule has 20 heavy (non-hydrogen) atoms. The number of rotatable bonds is 6. The molecule has 0 bridgehead atoms. The van der Waals surface area contributed by atoms with Crippen molar-refractivity contribution in [3.05, 3.63) is 29.8 Å². The lowest BCUT2D eigenvalue weighted by Crippen LogP contribution is -2.41. The maximum absolute atomic E-state index is 12.2. The van der Waals surface area contributed by atoms with Gasteiger partial charge in [-0.1, -0.05) is 19.1 Å². The molecule has 1 aromatic rings. The third kappa shape index (κ3) is 4.72. The largest absolute Gasteiger partial charge is 0.389 e. The van der Waals surface area contributed by atoms with Crippen molar-refractivity contribution in [2.45, 2.75) is 32.4 Å². The predicted octanol–water partition coefficient (Wildman–Crippen LogP) is 3.35. The molecule has 0 spiro atoms. The summed E-state index contributed by atoms with van der Waals surface area (Å²) in [6, 6.07) is 7.40. The molecule has 2 unspecified atom stereocenters. The predicted molar refractivity (Wildman–Crippen MR) is 86.3 cm³/mol. The fourth-order valence-electron chi connectivity index (χ4n) is 1.95. The molecule has 0 aliphatic heterocycles. The number of nitrogens with zero attached hydrogens (tertiary/aromatic N) is 1. The van der Waals surface area contributed by atoms with Crippen LogP contribution in [-0.4, -0.2) is 41.1 Å². The summed E-state index contributed by atoms with van der Waals surface area (Å²) in [5.74, 6) is 0.925. The van der Waals surface area contributed by atoms with E-state index >= 15 is 0 Å². The Balaban J connectivity index is 2.72. The highest BCUT2D eigenvalue weighted by Crippen LogP contribution is 2.18. The number of nitrogens with one attached hydrogen (secondary N) is 1. The van der Waals surface area contributed by atoms with Crippen LogP contribution in [0.4, 0.5) is 10.5 Å². The van der Waals surface area contributed by atoms with Gasteiger partial charge in [0.05, 0.1) is 6.10 Å². The molecule has 1 aromatic carbocycles. The Morgan fingerprint density at radius 1 is 1.50 bits per heavy atom. The van der Waals surface area contributed by atoms with Gasteiger partial charge in [0.1, 0.15) is 0 Å². The number of urea groups is 1. The summed E-state index contributed by atoms with van der Waals surface area (Å²) < 4.78 is 0. The molecule has 1 rings (SSSR count). The number of carbonyl (C=O) groups is 1. The average Bonchev–Trinajstić information content (AvgIpc) is 2.44. The van der Waals surface area contributed by atoms with E-state index in [1.807, 2.05) is 31.5 Å². The first-order chi connectivity index (χ1) is 9.49. The molecule has 2 atom stereocenters. The molecule has 0 radical (unpaired) electrons. The van der Waals surface area contributed by atoms with Crippen LogP contribution in [0.2, 0.25) is 0 Å². The van der Waals surface area contributed by atoms with Gasteiger partial charge < -0.3 is 15.3 Å². The molecule has 112 valence electrons. The number of carbonyl (C=O) groups excluding carboxylic acids is 1. The number of amides is 2. The van der Waals surface area contributed by atoms with Gasteiger partial charge >= 0.3 is 6.03 Å². The Labute approximate surface area is 125 Å². The quantitative estimate of drug-likeness (QED) is 0.846. The monoisotopic (exact) mass is 296 g/mol. The third-order valence-electron chi connectivity index (χ3n) is 3.32. The normalized spacial score (nSPS) is 13.7. The summed E-state index contributed by atoms with van der Waals surface area (Å²) in [5, 5.41) is 12.4. The molecule has 2 amide bonds. The van der Waals surface area contributed by atoms with Crippen LogP contribution in [0.3, 0.4) is 0 Å². The van der Waals surface area contributed by atoms with Crippen LogP contribution in [0.5, 0.6) is 0 Å². The van der Waals surface area contributed by atoms with Gasteiger partial charge in [0, 0.05) is 24.5 Å². The first-order valence-corrected chi connectivity index (χ1v) is 8.19. The van der Waals surface area contributed by atoms with Gasteiger partial charge in [0.25, 0.3) is 0 Å². The van der Waals surface area contributed by atoms with E-state index in [0.717, 1.165) is 17.7 Å². The van der Waals surface area contributed by atoms with Crippen LogP contribution in [0.25, 0.3) is 0 Å². The van der Waals surface area contributed by atoms with Crippen molar-refractivity contribution in [1.82, 2.24) is 4.90 Å². The summed E-state index contributed by atoms with van der Waals surface area (Å²) in [5.41, 5.74) is 1.50. The minimum absolute atomic E-state index is 0.117. The van der Waals surface area contributed by atoms with Crippen LogP contribution < -0.4 is 5.32 Å². The van der Waals surface area contributed by atoms with Crippen LogP contribution in [-0.2, 0) is 0 Å². The van der Waals surface area contributed by atoms with Crippen molar-refractivity contribution in [3.8, 4) is 0 Å². The topological polar surface area (TPSA) is 52.6 Å². The number of hydrogen-bond acceptors (Lipinski definition) is 3. The van der Waals surface area contributed by atoms with E-state index in [4.69, 9.17) is 0 Å². The maximum Gasteiger partial charge on any atom is 0.321 e. The molecule has 0 aromatic heterocycles. The fraction of sp³-hybridized carbons (Fsp3) is 0.533. The second-order valence-corrected chi connectivity index (χ2v) is 5.77. The zero-order chi connectivity index (χ0) is 15.1. The highest BCUT2D eigenvalue weighted by atomic mass is 32.2. The summed E-state index contributed by atoms with van der Waals surface area (Å²) >= 11 is 1.74. The van der Waals surface area contributed by atoms with E-state index in [0.29, 0.717) is 5.69 Å². The van der Waals surface area contributed by atoms with Gasteiger partial charge in [-0.05, 0) is 37.3 Å². The average molecular weight is 296 g/mol. The Bertz CT molecular complexity index is 438. The second kappa shape index (κ2) is 8.17. The maximum atomic E-state index is 12.2. The first-order valence-electron chi connectivity index (χ1n) is 6.80. The minimum atomic E-state index is -0.538. The summed E-state index contributed by atoms with van der Waals surface area (Å²) in [7, 11) is 1.82. The van der Waals surface area contributed by atoms with Gasteiger partial charge in [-0.2, -0.15) is 11.8 Å². The standard InChI is InChI=1S/C15H24N2O2S/c1-5-14(10-20-4)17(3)15(19)16-13-8-6-7-12(9-13)11(2)18/h6-9,11,14,18H,5,10H2,1-4H3,(H,16,19). The lowest BCUT2D eigenvalue weighted by Gasteiger charge is -2.27. The van der Waals surface area contributed by atoms with E-state index in [-0.39, 0.29) is 12.1 Å². The van der Waals surface area contributed by atoms with Crippen molar-refractivity contribution in [3.63, 3.8) is 0 Å². The number of aliphatic hydroxyl groups excluding tert-OH is 1. The van der Waals surface area contributed by atoms with Crippen molar-refractivity contribution >= 4 is 23.5 Å². The van der Waals surface area contributed by atoms with Crippen LogP contribution in [0.1, 0.15) is 31.9 Å². The Hall–Kier alpha value is -1.20. The zero-order valence-electron chi connectivity index (χ0n) is 12.6. The molecule has 4 nitrogen and oxygen atoms in total. The fourth-order valence-corrected chi connectivity index (χ4v) is 2.79. The van der Waals surface area contributed by atoms with E-state index < -0.39 is 6.10 Å². The molecule has 0 aliphatic carbocycles. The smallest absolute Gasteiger partial charge is 0.321 e. The van der Waals surface area contributed by atoms with Gasteiger partial charge in [-0.25, -0.2) is 4.79 Å². The van der Waals surface area contributed by atoms with Crippen molar-refractivity contribution in [1.29, 1.82) is 0 Å². The van der Waals surface area contributed by atoms with Crippen molar-refractivity contribution in [2.24, 2.45) is 0 Å². The number of hydrogen-bond donors (Lipinski definition) is 2. The zero-order valence-corrected chi connectivity index (χ0v) is 13.4. The van der Waals surface area contributed by atoms with Gasteiger partial charge in [-0.15, -0.1) is 0 Å². The number of anilines is 1. The van der Waals surface area contributed by atoms with Gasteiger partial charge in [0.2, 0.25) is 0 Å².